The van der Waals surface area contributed by atoms with E-state index in [0.717, 1.165) is 28.3 Å². The second-order valence-corrected chi connectivity index (χ2v) is 5.43. The van der Waals surface area contributed by atoms with E-state index in [1.165, 1.54) is 11.1 Å². The lowest BCUT2D eigenvalue weighted by Crippen LogP contribution is -1.92. The average Bonchev–Trinajstić information content (AvgIpc) is 3.15. The molecule has 0 unspecified atom stereocenters. The SMILES string of the molecule is Cc1ccc(C)c(-c2[nH]ncc2-c2nnc3ccccn23)c1. The van der Waals surface area contributed by atoms with Gasteiger partial charge in [-0.15, -0.1) is 10.2 Å². The van der Waals surface area contributed by atoms with E-state index < -0.39 is 0 Å². The molecule has 0 spiro atoms. The van der Waals surface area contributed by atoms with Gasteiger partial charge in [-0.2, -0.15) is 5.10 Å². The van der Waals surface area contributed by atoms with E-state index >= 15 is 0 Å². The number of aromatic amines is 1. The third kappa shape index (κ3) is 1.90. The number of hydrogen-bond donors (Lipinski definition) is 1. The van der Waals surface area contributed by atoms with Crippen LogP contribution in [0.3, 0.4) is 0 Å². The molecule has 5 nitrogen and oxygen atoms in total. The van der Waals surface area contributed by atoms with Crippen LogP contribution in [-0.4, -0.2) is 24.8 Å². The molecule has 4 rings (SSSR count). The maximum absolute atomic E-state index is 4.33. The van der Waals surface area contributed by atoms with Gasteiger partial charge in [0.25, 0.3) is 0 Å². The molecular formula is C17H15N5. The minimum atomic E-state index is 0.792. The summed E-state index contributed by atoms with van der Waals surface area (Å²) in [6.07, 6.45) is 3.77. The van der Waals surface area contributed by atoms with Crippen LogP contribution >= 0.6 is 0 Å². The molecule has 4 aromatic rings. The maximum Gasteiger partial charge on any atom is 0.172 e. The van der Waals surface area contributed by atoms with Crippen molar-refractivity contribution in [3.63, 3.8) is 0 Å². The summed E-state index contributed by atoms with van der Waals surface area (Å²) >= 11 is 0. The van der Waals surface area contributed by atoms with Crippen molar-refractivity contribution < 1.29 is 0 Å². The number of nitrogens with one attached hydrogen (secondary N) is 1. The first-order valence-electron chi connectivity index (χ1n) is 7.15. The summed E-state index contributed by atoms with van der Waals surface area (Å²) in [5, 5.41) is 15.9. The Balaban J connectivity index is 1.95. The summed E-state index contributed by atoms with van der Waals surface area (Å²) in [5.74, 6) is 0.792. The van der Waals surface area contributed by atoms with Crippen molar-refractivity contribution in [2.45, 2.75) is 13.8 Å². The zero-order chi connectivity index (χ0) is 15.1. The lowest BCUT2D eigenvalue weighted by Gasteiger charge is -2.07. The topological polar surface area (TPSA) is 58.9 Å². The third-order valence-corrected chi connectivity index (χ3v) is 3.86. The van der Waals surface area contributed by atoms with Gasteiger partial charge in [-0.25, -0.2) is 0 Å². The summed E-state index contributed by atoms with van der Waals surface area (Å²) < 4.78 is 1.97. The Morgan fingerprint density at radius 1 is 1.00 bits per heavy atom. The maximum atomic E-state index is 4.33. The molecule has 22 heavy (non-hydrogen) atoms. The van der Waals surface area contributed by atoms with E-state index in [0.29, 0.717) is 0 Å². The molecule has 0 saturated heterocycles. The molecule has 0 saturated carbocycles. The number of aromatic nitrogens is 5. The van der Waals surface area contributed by atoms with E-state index in [1.807, 2.05) is 28.8 Å². The average molecular weight is 289 g/mol. The number of pyridine rings is 1. The molecule has 1 N–H and O–H groups in total. The Morgan fingerprint density at radius 2 is 1.91 bits per heavy atom. The number of nitrogens with zero attached hydrogens (tertiary/aromatic N) is 4. The quantitative estimate of drug-likeness (QED) is 0.615. The van der Waals surface area contributed by atoms with Crippen molar-refractivity contribution in [1.82, 2.24) is 24.8 Å². The molecule has 5 heteroatoms. The second kappa shape index (κ2) is 4.80. The van der Waals surface area contributed by atoms with E-state index in [2.05, 4.69) is 52.4 Å². The highest BCUT2D eigenvalue weighted by atomic mass is 15.2. The molecule has 0 amide bonds. The zero-order valence-corrected chi connectivity index (χ0v) is 12.4. The molecule has 0 aliphatic rings. The Kier molecular flexibility index (Phi) is 2.79. The predicted octanol–water partition coefficient (Wildman–Crippen LogP) is 3.40. The summed E-state index contributed by atoms with van der Waals surface area (Å²) in [5.41, 5.74) is 6.30. The Labute approximate surface area is 127 Å². The van der Waals surface area contributed by atoms with Crippen molar-refractivity contribution in [1.29, 1.82) is 0 Å². The number of benzene rings is 1. The van der Waals surface area contributed by atoms with Gasteiger partial charge in [-0.05, 0) is 37.6 Å². The lowest BCUT2D eigenvalue weighted by molar-refractivity contribution is 1.09. The van der Waals surface area contributed by atoms with Crippen LogP contribution in [0.1, 0.15) is 11.1 Å². The van der Waals surface area contributed by atoms with Gasteiger partial charge in [0.15, 0.2) is 11.5 Å². The van der Waals surface area contributed by atoms with Crippen LogP contribution in [0.5, 0.6) is 0 Å². The number of H-pyrrole nitrogens is 1. The predicted molar refractivity (Wildman–Crippen MR) is 85.5 cm³/mol. The third-order valence-electron chi connectivity index (χ3n) is 3.86. The number of aryl methyl sites for hydroxylation is 2. The highest BCUT2D eigenvalue weighted by Gasteiger charge is 2.16. The molecule has 0 fully saturated rings. The smallest absolute Gasteiger partial charge is 0.172 e. The fourth-order valence-electron chi connectivity index (χ4n) is 2.69. The van der Waals surface area contributed by atoms with Crippen LogP contribution in [0.2, 0.25) is 0 Å². The van der Waals surface area contributed by atoms with Gasteiger partial charge < -0.3 is 0 Å². The molecule has 108 valence electrons. The van der Waals surface area contributed by atoms with Crippen LogP contribution < -0.4 is 0 Å². The van der Waals surface area contributed by atoms with Gasteiger partial charge in [-0.3, -0.25) is 9.50 Å². The summed E-state index contributed by atoms with van der Waals surface area (Å²) in [6, 6.07) is 12.3. The minimum Gasteiger partial charge on any atom is -0.282 e. The molecule has 3 aromatic heterocycles. The fourth-order valence-corrected chi connectivity index (χ4v) is 2.69. The molecule has 1 aromatic carbocycles. The highest BCUT2D eigenvalue weighted by Crippen LogP contribution is 2.31. The second-order valence-electron chi connectivity index (χ2n) is 5.43. The molecule has 0 aliphatic heterocycles. The van der Waals surface area contributed by atoms with Gasteiger partial charge in [0.05, 0.1) is 17.5 Å². The van der Waals surface area contributed by atoms with Gasteiger partial charge in [-0.1, -0.05) is 23.8 Å². The summed E-state index contributed by atoms with van der Waals surface area (Å²) in [7, 11) is 0. The van der Waals surface area contributed by atoms with Crippen molar-refractivity contribution >= 4 is 5.65 Å². The van der Waals surface area contributed by atoms with Crippen molar-refractivity contribution in [2.75, 3.05) is 0 Å². The molecule has 3 heterocycles. The van der Waals surface area contributed by atoms with Crippen molar-refractivity contribution in [2.24, 2.45) is 0 Å². The fraction of sp³-hybridized carbons (Fsp3) is 0.118. The number of rotatable bonds is 2. The summed E-state index contributed by atoms with van der Waals surface area (Å²) in [6.45, 7) is 4.19. The van der Waals surface area contributed by atoms with Crippen molar-refractivity contribution in [3.05, 3.63) is 59.9 Å². The molecule has 0 radical (unpaired) electrons. The number of hydrogen-bond acceptors (Lipinski definition) is 3. The van der Waals surface area contributed by atoms with Gasteiger partial charge >= 0.3 is 0 Å². The van der Waals surface area contributed by atoms with Crippen LogP contribution in [0.25, 0.3) is 28.3 Å². The molecule has 0 bridgehead atoms. The van der Waals surface area contributed by atoms with E-state index in [-0.39, 0.29) is 0 Å². The van der Waals surface area contributed by atoms with E-state index in [9.17, 15) is 0 Å². The minimum absolute atomic E-state index is 0.792. The lowest BCUT2D eigenvalue weighted by atomic mass is 10.0. The highest BCUT2D eigenvalue weighted by molar-refractivity contribution is 5.79. The van der Waals surface area contributed by atoms with Gasteiger partial charge in [0.2, 0.25) is 0 Å². The first-order chi connectivity index (χ1) is 10.7. The Morgan fingerprint density at radius 3 is 2.82 bits per heavy atom. The Hall–Kier alpha value is -2.95. The van der Waals surface area contributed by atoms with Gasteiger partial charge in [0.1, 0.15) is 0 Å². The normalized spacial score (nSPS) is 11.2. The number of fused-ring (bicyclic) bond motifs is 1. The van der Waals surface area contributed by atoms with Gasteiger partial charge in [0, 0.05) is 11.8 Å². The van der Waals surface area contributed by atoms with Crippen LogP contribution in [-0.2, 0) is 0 Å². The zero-order valence-electron chi connectivity index (χ0n) is 12.4. The van der Waals surface area contributed by atoms with E-state index in [1.54, 1.807) is 6.20 Å². The standard InChI is InChI=1S/C17H15N5/c1-11-6-7-12(2)13(9-11)16-14(10-18-20-16)17-21-19-15-5-3-4-8-22(15)17/h3-10H,1-2H3,(H,18,20). The molecular weight excluding hydrogens is 274 g/mol. The Bertz CT molecular complexity index is 964. The van der Waals surface area contributed by atoms with E-state index in [4.69, 9.17) is 0 Å². The van der Waals surface area contributed by atoms with Crippen LogP contribution in [0.4, 0.5) is 0 Å². The molecule has 0 aliphatic carbocycles. The largest absolute Gasteiger partial charge is 0.282 e. The molecule has 0 atom stereocenters. The van der Waals surface area contributed by atoms with Crippen LogP contribution in [0.15, 0.2) is 48.8 Å². The first kappa shape index (κ1) is 12.8. The summed E-state index contributed by atoms with van der Waals surface area (Å²) in [4.78, 5) is 0. The first-order valence-corrected chi connectivity index (χ1v) is 7.15. The monoisotopic (exact) mass is 289 g/mol. The van der Waals surface area contributed by atoms with Crippen LogP contribution in [0, 0.1) is 13.8 Å². The van der Waals surface area contributed by atoms with Crippen molar-refractivity contribution in [3.8, 4) is 22.6 Å².